The van der Waals surface area contributed by atoms with Gasteiger partial charge in [0.05, 0.1) is 0 Å². The molecule has 0 radical (unpaired) electrons. The number of hydrogen-bond donors (Lipinski definition) is 3. The molecular weight excluding hydrogens is 94.1 g/mol. The Balaban J connectivity index is 3.04. The maximum atomic E-state index is 8.41. The molecular formula is C3H5N3O. The van der Waals surface area contributed by atoms with E-state index in [4.69, 9.17) is 10.8 Å². The summed E-state index contributed by atoms with van der Waals surface area (Å²) >= 11 is 0. The molecule has 0 fully saturated rings. The maximum absolute atomic E-state index is 8.41. The number of nitrogens with zero attached hydrogens (tertiary/aromatic N) is 1. The third kappa shape index (κ3) is 0.623. The molecule has 0 aliphatic heterocycles. The van der Waals surface area contributed by atoms with Gasteiger partial charge in [0.2, 0.25) is 0 Å². The molecule has 0 unspecified atom stereocenters. The number of anilines is 1. The summed E-state index contributed by atoms with van der Waals surface area (Å²) in [5, 5.41) is 8.41. The summed E-state index contributed by atoms with van der Waals surface area (Å²) < 4.78 is 0. The molecule has 0 aliphatic rings. The normalized spacial score (nSPS) is 9.14. The standard InChI is InChI=1S/C3H5N3O/c4-2-1-5-3(7)6-2/h1H,4H2,(H2,5,6,7). The van der Waals surface area contributed by atoms with Crippen molar-refractivity contribution >= 4 is 5.82 Å². The van der Waals surface area contributed by atoms with Crippen molar-refractivity contribution in [1.29, 1.82) is 0 Å². The SMILES string of the molecule is Nc1c[nH]c(O)n1. The molecule has 4 heteroatoms. The fraction of sp³-hybridized carbons (Fsp3) is 0. The number of H-pyrrole nitrogens is 1. The molecule has 0 saturated carbocycles. The van der Waals surface area contributed by atoms with Crippen LogP contribution in [0.5, 0.6) is 6.01 Å². The van der Waals surface area contributed by atoms with Crippen LogP contribution in [0.25, 0.3) is 0 Å². The van der Waals surface area contributed by atoms with E-state index in [1.54, 1.807) is 0 Å². The van der Waals surface area contributed by atoms with Crippen molar-refractivity contribution < 1.29 is 5.11 Å². The van der Waals surface area contributed by atoms with E-state index < -0.39 is 0 Å². The molecule has 0 bridgehead atoms. The molecule has 0 saturated heterocycles. The van der Waals surface area contributed by atoms with E-state index in [9.17, 15) is 0 Å². The average molecular weight is 99.1 g/mol. The van der Waals surface area contributed by atoms with E-state index in [0.29, 0.717) is 5.82 Å². The lowest BCUT2D eigenvalue weighted by molar-refractivity contribution is 0.437. The first-order valence-electron chi connectivity index (χ1n) is 1.79. The van der Waals surface area contributed by atoms with Crippen molar-refractivity contribution in [2.24, 2.45) is 0 Å². The van der Waals surface area contributed by atoms with Crippen molar-refractivity contribution in [3.05, 3.63) is 6.20 Å². The first-order valence-corrected chi connectivity index (χ1v) is 1.79. The minimum Gasteiger partial charge on any atom is -0.480 e. The molecule has 38 valence electrons. The Kier molecular flexibility index (Phi) is 0.651. The van der Waals surface area contributed by atoms with Crippen molar-refractivity contribution in [2.75, 3.05) is 5.73 Å². The van der Waals surface area contributed by atoms with Crippen LogP contribution < -0.4 is 5.73 Å². The highest BCUT2D eigenvalue weighted by Gasteiger charge is 1.87. The van der Waals surface area contributed by atoms with Crippen LogP contribution in [0.1, 0.15) is 0 Å². The summed E-state index contributed by atoms with van der Waals surface area (Å²) in [5.41, 5.74) is 5.08. The lowest BCUT2D eigenvalue weighted by atomic mass is 10.8. The van der Waals surface area contributed by atoms with Gasteiger partial charge in [-0.25, -0.2) is 0 Å². The highest BCUT2D eigenvalue weighted by Crippen LogP contribution is 2.00. The smallest absolute Gasteiger partial charge is 0.293 e. The van der Waals surface area contributed by atoms with Crippen molar-refractivity contribution in [1.82, 2.24) is 9.97 Å². The van der Waals surface area contributed by atoms with Gasteiger partial charge in [-0.3, -0.25) is 0 Å². The van der Waals surface area contributed by atoms with Crippen LogP contribution in [0.4, 0.5) is 5.82 Å². The van der Waals surface area contributed by atoms with E-state index in [1.807, 2.05) is 0 Å². The number of hydrogen-bond acceptors (Lipinski definition) is 3. The van der Waals surface area contributed by atoms with Gasteiger partial charge in [0.15, 0.2) is 0 Å². The highest BCUT2D eigenvalue weighted by atomic mass is 16.3. The van der Waals surface area contributed by atoms with Gasteiger partial charge in [-0.15, -0.1) is 0 Å². The van der Waals surface area contributed by atoms with E-state index >= 15 is 0 Å². The summed E-state index contributed by atoms with van der Waals surface area (Å²) in [4.78, 5) is 5.78. The van der Waals surface area contributed by atoms with Gasteiger partial charge in [-0.1, -0.05) is 0 Å². The predicted octanol–water partition coefficient (Wildman–Crippen LogP) is -0.303. The first kappa shape index (κ1) is 3.98. The Morgan fingerprint density at radius 2 is 2.57 bits per heavy atom. The zero-order valence-corrected chi connectivity index (χ0v) is 3.55. The number of nitrogen functional groups attached to an aromatic ring is 1. The summed E-state index contributed by atoms with van der Waals surface area (Å²) in [6, 6.07) is -0.141. The van der Waals surface area contributed by atoms with Gasteiger partial charge in [-0.2, -0.15) is 4.98 Å². The number of nitrogens with two attached hydrogens (primary N) is 1. The Labute approximate surface area is 40.0 Å². The Morgan fingerprint density at radius 1 is 1.86 bits per heavy atom. The molecule has 0 aromatic carbocycles. The molecule has 7 heavy (non-hydrogen) atoms. The monoisotopic (exact) mass is 99.0 g/mol. The molecule has 1 heterocycles. The second-order valence-corrected chi connectivity index (χ2v) is 1.15. The summed E-state index contributed by atoms with van der Waals surface area (Å²) in [7, 11) is 0. The lowest BCUT2D eigenvalue weighted by Gasteiger charge is -1.71. The number of nitrogens with one attached hydrogen (secondary N) is 1. The van der Waals surface area contributed by atoms with Gasteiger partial charge in [0.1, 0.15) is 5.82 Å². The van der Waals surface area contributed by atoms with Crippen LogP contribution in [-0.4, -0.2) is 15.1 Å². The predicted molar refractivity (Wildman–Crippen MR) is 24.7 cm³/mol. The third-order valence-corrected chi connectivity index (χ3v) is 0.584. The van der Waals surface area contributed by atoms with Gasteiger partial charge in [0, 0.05) is 6.20 Å². The van der Waals surface area contributed by atoms with Gasteiger partial charge in [-0.05, 0) is 0 Å². The Morgan fingerprint density at radius 3 is 2.71 bits per heavy atom. The van der Waals surface area contributed by atoms with E-state index in [1.165, 1.54) is 6.20 Å². The van der Waals surface area contributed by atoms with Crippen LogP contribution >= 0.6 is 0 Å². The maximum Gasteiger partial charge on any atom is 0.293 e. The second kappa shape index (κ2) is 1.14. The molecule has 4 nitrogen and oxygen atoms in total. The average Bonchev–Trinajstić information content (AvgIpc) is 1.87. The first-order chi connectivity index (χ1) is 3.29. The zero-order valence-electron chi connectivity index (χ0n) is 3.55. The van der Waals surface area contributed by atoms with Crippen molar-refractivity contribution in [2.45, 2.75) is 0 Å². The molecule has 1 rings (SSSR count). The van der Waals surface area contributed by atoms with Crippen molar-refractivity contribution in [3.63, 3.8) is 0 Å². The number of aromatic amines is 1. The number of aromatic hydroxyl groups is 1. The number of imidazole rings is 1. The molecule has 4 N–H and O–H groups in total. The van der Waals surface area contributed by atoms with E-state index in [-0.39, 0.29) is 6.01 Å². The minimum atomic E-state index is -0.141. The molecule has 0 amide bonds. The van der Waals surface area contributed by atoms with Crippen LogP contribution in [0, 0.1) is 0 Å². The summed E-state index contributed by atoms with van der Waals surface area (Å²) in [6.07, 6.45) is 1.41. The third-order valence-electron chi connectivity index (χ3n) is 0.584. The lowest BCUT2D eigenvalue weighted by Crippen LogP contribution is -1.80. The summed E-state index contributed by atoms with van der Waals surface area (Å²) in [5.74, 6) is 0.303. The van der Waals surface area contributed by atoms with Crippen LogP contribution in [0.2, 0.25) is 0 Å². The minimum absolute atomic E-state index is 0.141. The van der Waals surface area contributed by atoms with Crippen LogP contribution in [0.3, 0.4) is 0 Å². The molecule has 1 aromatic rings. The molecule has 0 spiro atoms. The molecule has 0 atom stereocenters. The Bertz CT molecular complexity index is 142. The molecule has 0 aliphatic carbocycles. The summed E-state index contributed by atoms with van der Waals surface area (Å²) in [6.45, 7) is 0. The van der Waals surface area contributed by atoms with Crippen LogP contribution in [-0.2, 0) is 0 Å². The molecule has 1 aromatic heterocycles. The van der Waals surface area contributed by atoms with Gasteiger partial charge in [0.25, 0.3) is 6.01 Å². The second-order valence-electron chi connectivity index (χ2n) is 1.15. The van der Waals surface area contributed by atoms with Crippen LogP contribution in [0.15, 0.2) is 6.20 Å². The largest absolute Gasteiger partial charge is 0.480 e. The van der Waals surface area contributed by atoms with Crippen molar-refractivity contribution in [3.8, 4) is 6.01 Å². The fourth-order valence-electron chi connectivity index (χ4n) is 0.325. The zero-order chi connectivity index (χ0) is 5.28. The highest BCUT2D eigenvalue weighted by molar-refractivity contribution is 5.25. The van der Waals surface area contributed by atoms with E-state index in [0.717, 1.165) is 0 Å². The van der Waals surface area contributed by atoms with Gasteiger partial charge < -0.3 is 15.8 Å². The Hall–Kier alpha value is -1.19. The topological polar surface area (TPSA) is 74.9 Å². The number of aromatic nitrogens is 2. The van der Waals surface area contributed by atoms with Gasteiger partial charge >= 0.3 is 0 Å². The quantitative estimate of drug-likeness (QED) is 0.418. The number of rotatable bonds is 0. The van der Waals surface area contributed by atoms with E-state index in [2.05, 4.69) is 9.97 Å². The fourth-order valence-corrected chi connectivity index (χ4v) is 0.325.